The van der Waals surface area contributed by atoms with Gasteiger partial charge in [-0.25, -0.2) is 4.68 Å². The Kier molecular flexibility index (Phi) is 3.22. The summed E-state index contributed by atoms with van der Waals surface area (Å²) in [5.74, 6) is 0. The number of aliphatic hydroxyl groups excluding tert-OH is 1. The normalized spacial score (nSPS) is 10.9. The fraction of sp³-hybridized carbons (Fsp3) is 0.308. The third kappa shape index (κ3) is 2.21. The number of benzene rings is 1. The first-order chi connectivity index (χ1) is 8.02. The molecule has 0 atom stereocenters. The van der Waals surface area contributed by atoms with Crippen LogP contribution in [0.4, 0.5) is 0 Å². The molecule has 4 heteroatoms. The molecular weight excluding hydrogens is 236 g/mol. The predicted molar refractivity (Wildman–Crippen MR) is 68.7 cm³/mol. The van der Waals surface area contributed by atoms with Gasteiger partial charge in [-0.05, 0) is 44.0 Å². The summed E-state index contributed by atoms with van der Waals surface area (Å²) >= 11 is 6.27. The van der Waals surface area contributed by atoms with E-state index >= 15 is 0 Å². The van der Waals surface area contributed by atoms with Gasteiger partial charge in [0, 0.05) is 5.69 Å². The molecule has 17 heavy (non-hydrogen) atoms. The zero-order valence-corrected chi connectivity index (χ0v) is 10.9. The lowest BCUT2D eigenvalue weighted by Crippen LogP contribution is -2.03. The Labute approximate surface area is 106 Å². The SMILES string of the molecule is Cc1cc(C)c(-n2nc(CO)cc2C)c(Cl)c1. The maximum absolute atomic E-state index is 9.10. The van der Waals surface area contributed by atoms with E-state index in [0.29, 0.717) is 10.7 Å². The van der Waals surface area contributed by atoms with E-state index in [0.717, 1.165) is 22.5 Å². The molecule has 0 aliphatic rings. The Morgan fingerprint density at radius 3 is 2.47 bits per heavy atom. The summed E-state index contributed by atoms with van der Waals surface area (Å²) in [6, 6.07) is 5.85. The molecule has 3 nitrogen and oxygen atoms in total. The molecule has 2 aromatic rings. The van der Waals surface area contributed by atoms with Crippen LogP contribution in [0.3, 0.4) is 0 Å². The lowest BCUT2D eigenvalue weighted by Gasteiger charge is -2.11. The van der Waals surface area contributed by atoms with E-state index in [-0.39, 0.29) is 6.61 Å². The van der Waals surface area contributed by atoms with Gasteiger partial charge in [-0.2, -0.15) is 5.10 Å². The van der Waals surface area contributed by atoms with Crippen molar-refractivity contribution in [2.75, 3.05) is 0 Å². The molecule has 0 saturated carbocycles. The molecule has 0 bridgehead atoms. The van der Waals surface area contributed by atoms with E-state index in [1.807, 2.05) is 32.9 Å². The standard InChI is InChI=1S/C13H15ClN2O/c1-8-4-9(2)13(12(14)5-8)16-10(3)6-11(7-17)15-16/h4-6,17H,7H2,1-3H3. The number of aliphatic hydroxyl groups is 1. The second-order valence-electron chi connectivity index (χ2n) is 4.26. The minimum atomic E-state index is -0.0592. The summed E-state index contributed by atoms with van der Waals surface area (Å²) in [6.07, 6.45) is 0. The van der Waals surface area contributed by atoms with Crippen LogP contribution in [-0.4, -0.2) is 14.9 Å². The first-order valence-corrected chi connectivity index (χ1v) is 5.84. The van der Waals surface area contributed by atoms with E-state index in [1.54, 1.807) is 4.68 Å². The second-order valence-corrected chi connectivity index (χ2v) is 4.67. The Balaban J connectivity index is 2.63. The van der Waals surface area contributed by atoms with Crippen LogP contribution in [-0.2, 0) is 6.61 Å². The zero-order valence-electron chi connectivity index (χ0n) is 10.2. The Hall–Kier alpha value is -1.32. The third-order valence-corrected chi connectivity index (χ3v) is 3.00. The van der Waals surface area contributed by atoms with Crippen LogP contribution < -0.4 is 0 Å². The first-order valence-electron chi connectivity index (χ1n) is 5.46. The molecular formula is C13H15ClN2O. The van der Waals surface area contributed by atoms with Gasteiger partial charge in [0.25, 0.3) is 0 Å². The van der Waals surface area contributed by atoms with Crippen molar-refractivity contribution in [2.24, 2.45) is 0 Å². The van der Waals surface area contributed by atoms with Crippen LogP contribution in [0.1, 0.15) is 22.5 Å². The Morgan fingerprint density at radius 1 is 1.24 bits per heavy atom. The molecule has 0 saturated heterocycles. The Bertz CT molecular complexity index is 538. The molecule has 0 spiro atoms. The second kappa shape index (κ2) is 4.51. The van der Waals surface area contributed by atoms with Crippen LogP contribution in [0.5, 0.6) is 0 Å². The van der Waals surface area contributed by atoms with Crippen molar-refractivity contribution in [3.8, 4) is 5.69 Å². The minimum absolute atomic E-state index is 0.0592. The number of halogens is 1. The molecule has 0 aliphatic heterocycles. The number of hydrogen-bond donors (Lipinski definition) is 1. The summed E-state index contributed by atoms with van der Waals surface area (Å²) in [4.78, 5) is 0. The lowest BCUT2D eigenvalue weighted by molar-refractivity contribution is 0.276. The van der Waals surface area contributed by atoms with Crippen molar-refractivity contribution in [2.45, 2.75) is 27.4 Å². The van der Waals surface area contributed by atoms with Crippen molar-refractivity contribution in [3.63, 3.8) is 0 Å². The molecule has 1 aromatic heterocycles. The van der Waals surface area contributed by atoms with Gasteiger partial charge in [-0.1, -0.05) is 17.7 Å². The third-order valence-electron chi connectivity index (χ3n) is 2.71. The summed E-state index contributed by atoms with van der Waals surface area (Å²) in [5.41, 5.74) is 4.70. The monoisotopic (exact) mass is 250 g/mol. The zero-order chi connectivity index (χ0) is 12.6. The van der Waals surface area contributed by atoms with Crippen molar-refractivity contribution >= 4 is 11.6 Å². The van der Waals surface area contributed by atoms with Crippen molar-refractivity contribution in [1.82, 2.24) is 9.78 Å². The van der Waals surface area contributed by atoms with Gasteiger partial charge in [-0.3, -0.25) is 0 Å². The van der Waals surface area contributed by atoms with Crippen molar-refractivity contribution in [3.05, 3.63) is 45.7 Å². The number of nitrogens with zero attached hydrogens (tertiary/aromatic N) is 2. The molecule has 0 fully saturated rings. The fourth-order valence-corrected chi connectivity index (χ4v) is 2.42. The van der Waals surface area contributed by atoms with E-state index in [4.69, 9.17) is 16.7 Å². The first kappa shape index (κ1) is 12.1. The molecule has 90 valence electrons. The van der Waals surface area contributed by atoms with Crippen molar-refractivity contribution in [1.29, 1.82) is 0 Å². The highest BCUT2D eigenvalue weighted by Gasteiger charge is 2.12. The van der Waals surface area contributed by atoms with E-state index in [1.165, 1.54) is 0 Å². The summed E-state index contributed by atoms with van der Waals surface area (Å²) < 4.78 is 1.78. The summed E-state index contributed by atoms with van der Waals surface area (Å²) in [7, 11) is 0. The number of aryl methyl sites for hydroxylation is 3. The number of aromatic nitrogens is 2. The molecule has 0 amide bonds. The van der Waals surface area contributed by atoms with Gasteiger partial charge in [-0.15, -0.1) is 0 Å². The number of rotatable bonds is 2. The van der Waals surface area contributed by atoms with Gasteiger partial charge < -0.3 is 5.11 Å². The van der Waals surface area contributed by atoms with Gasteiger partial charge >= 0.3 is 0 Å². The average molecular weight is 251 g/mol. The smallest absolute Gasteiger partial charge is 0.0886 e. The molecule has 2 rings (SSSR count). The summed E-state index contributed by atoms with van der Waals surface area (Å²) in [5, 5.41) is 14.1. The number of hydrogen-bond acceptors (Lipinski definition) is 2. The average Bonchev–Trinajstić information content (AvgIpc) is 2.59. The van der Waals surface area contributed by atoms with E-state index in [2.05, 4.69) is 11.2 Å². The highest BCUT2D eigenvalue weighted by atomic mass is 35.5. The quantitative estimate of drug-likeness (QED) is 0.890. The van der Waals surface area contributed by atoms with Crippen LogP contribution in [0.25, 0.3) is 5.69 Å². The molecule has 0 radical (unpaired) electrons. The largest absolute Gasteiger partial charge is 0.390 e. The fourth-order valence-electron chi connectivity index (χ4n) is 2.02. The highest BCUT2D eigenvalue weighted by Crippen LogP contribution is 2.26. The predicted octanol–water partition coefficient (Wildman–Crippen LogP) is 2.94. The Morgan fingerprint density at radius 2 is 1.94 bits per heavy atom. The maximum Gasteiger partial charge on any atom is 0.0886 e. The maximum atomic E-state index is 9.10. The van der Waals surface area contributed by atoms with Gasteiger partial charge in [0.15, 0.2) is 0 Å². The highest BCUT2D eigenvalue weighted by molar-refractivity contribution is 6.32. The van der Waals surface area contributed by atoms with Gasteiger partial charge in [0.2, 0.25) is 0 Å². The molecule has 0 aliphatic carbocycles. The van der Waals surface area contributed by atoms with Gasteiger partial charge in [0.05, 0.1) is 23.0 Å². The van der Waals surface area contributed by atoms with Crippen LogP contribution in [0.2, 0.25) is 5.02 Å². The molecule has 1 N–H and O–H groups in total. The molecule has 0 unspecified atom stereocenters. The van der Waals surface area contributed by atoms with Gasteiger partial charge in [0.1, 0.15) is 0 Å². The summed E-state index contributed by atoms with van der Waals surface area (Å²) in [6.45, 7) is 5.91. The van der Waals surface area contributed by atoms with Crippen molar-refractivity contribution < 1.29 is 5.11 Å². The van der Waals surface area contributed by atoms with Crippen LogP contribution in [0, 0.1) is 20.8 Å². The van der Waals surface area contributed by atoms with E-state index in [9.17, 15) is 0 Å². The topological polar surface area (TPSA) is 38.0 Å². The van der Waals surface area contributed by atoms with E-state index < -0.39 is 0 Å². The van der Waals surface area contributed by atoms with Crippen LogP contribution >= 0.6 is 11.6 Å². The molecule has 1 heterocycles. The molecule has 1 aromatic carbocycles. The van der Waals surface area contributed by atoms with Crippen LogP contribution in [0.15, 0.2) is 18.2 Å². The minimum Gasteiger partial charge on any atom is -0.390 e. The lowest BCUT2D eigenvalue weighted by atomic mass is 10.1.